The average Bonchev–Trinajstić information content (AvgIpc) is 1.79. The van der Waals surface area contributed by atoms with E-state index in [9.17, 15) is 36.7 Å². The number of fused-ring (bicyclic) bond motifs is 2. The molecule has 0 atom stereocenters. The molecule has 0 aliphatic rings. The summed E-state index contributed by atoms with van der Waals surface area (Å²) < 4.78 is 63.8. The maximum absolute atomic E-state index is 14.7. The van der Waals surface area contributed by atoms with Crippen LogP contribution in [0.15, 0.2) is 333 Å². The largest absolute Gasteiger partial charge is 0.327 e. The summed E-state index contributed by atoms with van der Waals surface area (Å²) in [5.41, 5.74) is 12.0. The van der Waals surface area contributed by atoms with Crippen molar-refractivity contribution in [3.8, 4) is 35.4 Å². The van der Waals surface area contributed by atoms with Crippen molar-refractivity contribution in [1.82, 2.24) is 93.6 Å². The Balaban J connectivity index is 0.000000142. The number of hydrogen-bond donors (Lipinski definition) is 0. The molecule has 0 unspecified atom stereocenters. The maximum Gasteiger partial charge on any atom is 0.273 e. The second-order valence-electron chi connectivity index (χ2n) is 33.7. The van der Waals surface area contributed by atoms with Crippen LogP contribution in [0, 0.1) is 68.6 Å². The van der Waals surface area contributed by atoms with E-state index in [2.05, 4.69) is 95.9 Å². The van der Waals surface area contributed by atoms with Gasteiger partial charge in [0, 0.05) is 85.9 Å². The lowest BCUT2D eigenvalue weighted by atomic mass is 10.0. The molecule has 0 aliphatic heterocycles. The van der Waals surface area contributed by atoms with Crippen molar-refractivity contribution in [2.24, 2.45) is 0 Å². The molecule has 38 heteroatoms. The van der Waals surface area contributed by atoms with Gasteiger partial charge in [0.1, 0.15) is 70.3 Å². The predicted molar refractivity (Wildman–Crippen MR) is 558 cm³/mol. The van der Waals surface area contributed by atoms with Crippen LogP contribution in [0.1, 0.15) is 132 Å². The minimum atomic E-state index is -0.760. The Labute approximate surface area is 889 Å². The molecule has 27 nitrogen and oxygen atoms in total. The molecule has 0 saturated heterocycles. The molecule has 7 heterocycles. The van der Waals surface area contributed by atoms with Gasteiger partial charge in [0.15, 0.2) is 23.3 Å². The van der Waals surface area contributed by atoms with Crippen LogP contribution in [0.5, 0.6) is 0 Å². The summed E-state index contributed by atoms with van der Waals surface area (Å²) in [5.74, 6) is -2.12. The second kappa shape index (κ2) is 49.7. The first kappa shape index (κ1) is 105. The fraction of sp³-hybridized carbons (Fsp3) is 0.108. The number of amides is 4. The maximum atomic E-state index is 14.7. The quantitative estimate of drug-likeness (QED) is 0.0310. The molecule has 7 aromatic heterocycles. The Morgan fingerprint density at radius 3 is 1.07 bits per heavy atom. The van der Waals surface area contributed by atoms with Crippen LogP contribution in [-0.2, 0) is 78.5 Å². The SMILES string of the molecule is N#Cc1ccc(Cn2cnnc2CN(Cc2ccc(Cl)c(Cl)c2)C(=O)c2ccc3ccccc3n2)cc1.N#Cc1ccc(Cn2cnnc2CN(Cc2ccc(Cl)cc2Cl)C(=O)c2ccc3ccccc3n2)cc1.N#Cc1ccc(Cn2cnnc2CN(Cc2ccc(F)cc2F)C(=O)c2cccc(-c3cc(Cl)cc(Cl)c3)c2)cc1.N#Cc1ccc(Cn2cnnc2CN(Cc2ccc(F)cc2F)C(=O)c2cccc(Br)n2)cc1. The highest BCUT2D eigenvalue weighted by molar-refractivity contribution is 9.10. The molecule has 0 spiro atoms. The lowest BCUT2D eigenvalue weighted by molar-refractivity contribution is 0.0709. The number of hydrogen-bond acceptors (Lipinski definition) is 19. The Bertz CT molecular complexity index is 8290. The third kappa shape index (κ3) is 28.0. The van der Waals surface area contributed by atoms with Gasteiger partial charge in [0.25, 0.3) is 23.6 Å². The third-order valence-electron chi connectivity index (χ3n) is 23.4. The van der Waals surface area contributed by atoms with Gasteiger partial charge in [0.05, 0.1) is 120 Å². The highest BCUT2D eigenvalue weighted by Gasteiger charge is 2.29. The third-order valence-corrected chi connectivity index (χ3v) is 25.6. The van der Waals surface area contributed by atoms with Crippen LogP contribution in [0.2, 0.25) is 30.1 Å². The van der Waals surface area contributed by atoms with Crippen molar-refractivity contribution in [2.45, 2.75) is 78.5 Å². The van der Waals surface area contributed by atoms with Gasteiger partial charge in [-0.3, -0.25) is 19.2 Å². The fourth-order valence-electron chi connectivity index (χ4n) is 15.7. The lowest BCUT2D eigenvalue weighted by Crippen LogP contribution is -2.32. The van der Waals surface area contributed by atoms with Crippen molar-refractivity contribution in [1.29, 1.82) is 21.0 Å². The zero-order valence-corrected chi connectivity index (χ0v) is 84.4. The van der Waals surface area contributed by atoms with E-state index >= 15 is 0 Å². The minimum absolute atomic E-state index is 0.000843. The monoisotopic (exact) mass is 2160 g/mol. The molecule has 0 aliphatic carbocycles. The van der Waals surface area contributed by atoms with E-state index in [1.54, 1.807) is 177 Å². The molecule has 0 radical (unpaired) electrons. The van der Waals surface area contributed by atoms with E-state index in [-0.39, 0.29) is 81.0 Å². The number of aromatic nitrogens is 15. The van der Waals surface area contributed by atoms with E-state index in [4.69, 9.17) is 90.7 Å². The molecule has 0 saturated carbocycles. The summed E-state index contributed by atoms with van der Waals surface area (Å²) in [6, 6.07) is 93.7. The molecule has 738 valence electrons. The van der Waals surface area contributed by atoms with E-state index in [0.29, 0.717) is 123 Å². The van der Waals surface area contributed by atoms with E-state index in [1.807, 2.05) is 130 Å². The standard InChI is InChI=1S/C31H21Cl2F2N5O.2C28H20Cl2N6O.C24H17BrF2N6O/c32-26-11-25(12-27(33)13-26)22-2-1-3-23(10-22)31(41)39(17-24-8-9-28(34)14-29(24)35)18-30-38-37-19-40(30)16-21-6-4-20(15-36)5-7-21;29-23-11-9-21(13-24(23)30)16-35(28(37)26-12-10-22-3-1-2-4-25(22)33-26)17-27-34-32-18-36(27)15-20-7-5-19(14-31)6-8-20;29-23-11-9-22(24(30)13-23)16-35(28(37)26-12-10-21-3-1-2-4-25(21)33-26)17-27-34-32-18-36(27)15-20-7-5-19(14-31)6-8-20;25-22-3-1-2-21(30-22)24(34)32(13-18-8-9-19(26)10-20(18)27)14-23-31-29-15-33(23)12-17-6-4-16(11-28)5-7-17/h1-14,19H,16-18H2;2*1-13,18H,15-17H2;1-10,15H,12-14H2. The van der Waals surface area contributed by atoms with Crippen molar-refractivity contribution in [3.63, 3.8) is 0 Å². The molecule has 19 rings (SSSR count). The van der Waals surface area contributed by atoms with Crippen molar-refractivity contribution >= 4 is 131 Å². The molecule has 0 bridgehead atoms. The molecule has 4 amide bonds. The van der Waals surface area contributed by atoms with Gasteiger partial charge in [-0.2, -0.15) is 21.0 Å². The Hall–Kier alpha value is -17.1. The van der Waals surface area contributed by atoms with Gasteiger partial charge in [-0.05, 0) is 212 Å². The first-order valence-electron chi connectivity index (χ1n) is 45.5. The van der Waals surface area contributed by atoms with E-state index < -0.39 is 35.1 Å². The van der Waals surface area contributed by atoms with E-state index in [1.165, 1.54) is 34.6 Å². The van der Waals surface area contributed by atoms with Crippen LogP contribution in [0.25, 0.3) is 32.9 Å². The summed E-state index contributed by atoms with van der Waals surface area (Å²) in [7, 11) is 0. The topological polar surface area (TPSA) is 338 Å². The first-order valence-corrected chi connectivity index (χ1v) is 48.5. The van der Waals surface area contributed by atoms with Gasteiger partial charge >= 0.3 is 0 Å². The fourth-order valence-corrected chi connectivity index (χ4v) is 17.3. The summed E-state index contributed by atoms with van der Waals surface area (Å²) >= 11 is 40.5. The van der Waals surface area contributed by atoms with Crippen LogP contribution in [-0.4, -0.2) is 117 Å². The number of carbonyl (C=O) groups is 4. The highest BCUT2D eigenvalue weighted by atomic mass is 79.9. The molecule has 149 heavy (non-hydrogen) atoms. The zero-order valence-electron chi connectivity index (χ0n) is 78.2. The second-order valence-corrected chi connectivity index (χ2v) is 37.0. The Morgan fingerprint density at radius 1 is 0.302 bits per heavy atom. The molecule has 12 aromatic carbocycles. The summed E-state index contributed by atoms with van der Waals surface area (Å²) in [5, 5.41) is 73.9. The average molecular weight is 2170 g/mol. The van der Waals surface area contributed by atoms with Gasteiger partial charge in [-0.1, -0.05) is 209 Å². The number of nitriles is 4. The van der Waals surface area contributed by atoms with Gasteiger partial charge in [-0.15, -0.1) is 40.8 Å². The number of para-hydroxylation sites is 2. The first-order chi connectivity index (χ1) is 72.2. The van der Waals surface area contributed by atoms with Crippen molar-refractivity contribution < 1.29 is 36.7 Å². The molecule has 0 fully saturated rings. The smallest absolute Gasteiger partial charge is 0.273 e. The van der Waals surface area contributed by atoms with Crippen LogP contribution < -0.4 is 0 Å². The molecular formula is C111H78BrCl6F4N23O4. The lowest BCUT2D eigenvalue weighted by Gasteiger charge is -2.23. The summed E-state index contributed by atoms with van der Waals surface area (Å²) in [6.07, 6.45) is 6.33. The zero-order chi connectivity index (χ0) is 105. The number of nitrogens with zero attached hydrogens (tertiary/aromatic N) is 23. The number of carbonyl (C=O) groups excluding carboxylic acids is 4. The normalized spacial score (nSPS) is 10.8. The number of halogens is 11. The van der Waals surface area contributed by atoms with Gasteiger partial charge in [-0.25, -0.2) is 32.5 Å². The molecular weight excluding hydrogens is 2090 g/mol. The molecule has 19 aromatic rings. The minimum Gasteiger partial charge on any atom is -0.327 e. The highest BCUT2D eigenvalue weighted by Crippen LogP contribution is 2.33. The van der Waals surface area contributed by atoms with Crippen molar-refractivity contribution in [3.05, 3.63) is 499 Å². The Morgan fingerprint density at radius 2 is 0.678 bits per heavy atom. The van der Waals surface area contributed by atoms with Crippen molar-refractivity contribution in [2.75, 3.05) is 0 Å². The van der Waals surface area contributed by atoms with Crippen LogP contribution in [0.4, 0.5) is 17.6 Å². The summed E-state index contributed by atoms with van der Waals surface area (Å²) in [6.45, 7) is 2.43. The predicted octanol–water partition coefficient (Wildman–Crippen LogP) is 23.6. The molecule has 0 N–H and O–H groups in total. The number of pyridine rings is 3. The van der Waals surface area contributed by atoms with Crippen LogP contribution in [0.3, 0.4) is 0 Å². The van der Waals surface area contributed by atoms with E-state index in [0.717, 1.165) is 90.6 Å². The summed E-state index contributed by atoms with van der Waals surface area (Å²) in [4.78, 5) is 74.2. The van der Waals surface area contributed by atoms with Crippen LogP contribution >= 0.6 is 85.5 Å². The van der Waals surface area contributed by atoms with Gasteiger partial charge in [0.2, 0.25) is 0 Å². The number of rotatable bonds is 29. The Kier molecular flexibility index (Phi) is 34.9. The van der Waals surface area contributed by atoms with Gasteiger partial charge < -0.3 is 37.9 Å². The number of benzene rings is 12.